The second-order valence-corrected chi connectivity index (χ2v) is 8.16. The Morgan fingerprint density at radius 1 is 1.21 bits per heavy atom. The molecule has 1 N–H and O–H groups in total. The summed E-state index contributed by atoms with van der Waals surface area (Å²) in [7, 11) is 0. The summed E-state index contributed by atoms with van der Waals surface area (Å²) in [6.07, 6.45) is 3.25. The van der Waals surface area contributed by atoms with Crippen molar-refractivity contribution in [3.63, 3.8) is 0 Å². The van der Waals surface area contributed by atoms with Gasteiger partial charge in [0.2, 0.25) is 5.91 Å². The van der Waals surface area contributed by atoms with Crippen LogP contribution in [0.3, 0.4) is 0 Å². The average molecular weight is 410 g/mol. The summed E-state index contributed by atoms with van der Waals surface area (Å²) in [4.78, 5) is 31.1. The minimum Gasteiger partial charge on any atom is -0.459 e. The first-order valence-corrected chi connectivity index (χ1v) is 10.6. The Morgan fingerprint density at radius 3 is 2.66 bits per heavy atom. The molecular formula is C22H23N3O3S. The van der Waals surface area contributed by atoms with E-state index in [0.717, 1.165) is 29.1 Å². The van der Waals surface area contributed by atoms with Gasteiger partial charge in [0, 0.05) is 30.1 Å². The molecule has 6 nitrogen and oxygen atoms in total. The van der Waals surface area contributed by atoms with E-state index < -0.39 is 0 Å². The van der Waals surface area contributed by atoms with Crippen molar-refractivity contribution in [1.82, 2.24) is 15.2 Å². The van der Waals surface area contributed by atoms with Gasteiger partial charge in [0.15, 0.2) is 5.76 Å². The molecule has 0 saturated carbocycles. The zero-order chi connectivity index (χ0) is 20.2. The van der Waals surface area contributed by atoms with Crippen LogP contribution in [0.4, 0.5) is 0 Å². The van der Waals surface area contributed by atoms with Crippen LogP contribution in [-0.4, -0.2) is 40.8 Å². The molecule has 1 aliphatic rings. The van der Waals surface area contributed by atoms with E-state index in [1.807, 2.05) is 5.38 Å². The van der Waals surface area contributed by atoms with Gasteiger partial charge in [0.1, 0.15) is 5.01 Å². The van der Waals surface area contributed by atoms with Crippen molar-refractivity contribution >= 4 is 23.2 Å². The lowest BCUT2D eigenvalue weighted by atomic mass is 10.0. The minimum atomic E-state index is -0.0918. The summed E-state index contributed by atoms with van der Waals surface area (Å²) >= 11 is 1.55. The third kappa shape index (κ3) is 4.74. The normalized spacial score (nSPS) is 14.7. The minimum absolute atomic E-state index is 0.0263. The Labute approximate surface area is 173 Å². The van der Waals surface area contributed by atoms with Crippen LogP contribution in [0.1, 0.15) is 34.7 Å². The van der Waals surface area contributed by atoms with Crippen molar-refractivity contribution in [2.24, 2.45) is 0 Å². The predicted octanol–water partition coefficient (Wildman–Crippen LogP) is 3.68. The topological polar surface area (TPSA) is 75.4 Å². The van der Waals surface area contributed by atoms with E-state index in [1.54, 1.807) is 28.4 Å². The summed E-state index contributed by atoms with van der Waals surface area (Å²) in [6.45, 7) is 3.27. The first-order valence-electron chi connectivity index (χ1n) is 9.72. The van der Waals surface area contributed by atoms with E-state index in [1.165, 1.54) is 11.8 Å². The second-order valence-electron chi connectivity index (χ2n) is 7.30. The van der Waals surface area contributed by atoms with E-state index >= 15 is 0 Å². The highest BCUT2D eigenvalue weighted by Crippen LogP contribution is 2.24. The Hall–Kier alpha value is -2.93. The van der Waals surface area contributed by atoms with E-state index in [-0.39, 0.29) is 24.3 Å². The van der Waals surface area contributed by atoms with Gasteiger partial charge in [-0.1, -0.05) is 29.8 Å². The molecule has 2 amide bonds. The Bertz CT molecular complexity index is 971. The third-order valence-electron chi connectivity index (χ3n) is 5.07. The van der Waals surface area contributed by atoms with Crippen molar-refractivity contribution < 1.29 is 14.0 Å². The Morgan fingerprint density at radius 2 is 1.97 bits per heavy atom. The van der Waals surface area contributed by atoms with Crippen LogP contribution in [-0.2, 0) is 11.2 Å². The fraction of sp³-hybridized carbons (Fsp3) is 0.318. The number of carbonyl (C=O) groups is 2. The molecule has 0 aliphatic carbocycles. The third-order valence-corrected chi connectivity index (χ3v) is 6.01. The van der Waals surface area contributed by atoms with Gasteiger partial charge >= 0.3 is 0 Å². The smallest absolute Gasteiger partial charge is 0.289 e. The number of aromatic nitrogens is 1. The fourth-order valence-corrected chi connectivity index (χ4v) is 4.27. The fourth-order valence-electron chi connectivity index (χ4n) is 3.44. The van der Waals surface area contributed by atoms with Crippen molar-refractivity contribution in [2.75, 3.05) is 13.1 Å². The molecule has 4 rings (SSSR count). The first-order chi connectivity index (χ1) is 14.1. The molecule has 0 spiro atoms. The quantitative estimate of drug-likeness (QED) is 0.698. The van der Waals surface area contributed by atoms with Gasteiger partial charge in [0.05, 0.1) is 18.4 Å². The van der Waals surface area contributed by atoms with Gasteiger partial charge in [0.25, 0.3) is 5.91 Å². The molecule has 0 atom stereocenters. The standard InChI is InChI=1S/C22H23N3O3S/c1-15-4-6-16(7-5-15)21-24-18(14-29-21)13-20(26)23-17-8-10-25(11-9-17)22(27)19-3-2-12-28-19/h2-7,12,14,17H,8-11,13H2,1H3,(H,23,26). The molecule has 0 radical (unpaired) electrons. The summed E-state index contributed by atoms with van der Waals surface area (Å²) < 4.78 is 5.18. The molecule has 1 aromatic carbocycles. The summed E-state index contributed by atoms with van der Waals surface area (Å²) in [6, 6.07) is 11.7. The molecule has 7 heteroatoms. The lowest BCUT2D eigenvalue weighted by molar-refractivity contribution is -0.121. The van der Waals surface area contributed by atoms with Gasteiger partial charge in [-0.25, -0.2) is 4.98 Å². The number of aryl methyl sites for hydroxylation is 1. The van der Waals surface area contributed by atoms with Crippen LogP contribution in [0, 0.1) is 6.92 Å². The van der Waals surface area contributed by atoms with E-state index in [0.29, 0.717) is 18.8 Å². The van der Waals surface area contributed by atoms with Crippen LogP contribution in [0.5, 0.6) is 0 Å². The van der Waals surface area contributed by atoms with Gasteiger partial charge in [-0.2, -0.15) is 0 Å². The number of rotatable bonds is 5. The highest BCUT2D eigenvalue weighted by atomic mass is 32.1. The van der Waals surface area contributed by atoms with Gasteiger partial charge in [-0.05, 0) is 31.9 Å². The summed E-state index contributed by atoms with van der Waals surface area (Å²) in [5.41, 5.74) is 3.07. The molecule has 3 aromatic rings. The predicted molar refractivity (Wildman–Crippen MR) is 112 cm³/mol. The number of hydrogen-bond acceptors (Lipinski definition) is 5. The monoisotopic (exact) mass is 409 g/mol. The molecule has 0 unspecified atom stereocenters. The maximum Gasteiger partial charge on any atom is 0.289 e. The number of benzene rings is 1. The Kier molecular flexibility index (Phi) is 5.76. The zero-order valence-corrected chi connectivity index (χ0v) is 17.1. The van der Waals surface area contributed by atoms with E-state index in [9.17, 15) is 9.59 Å². The molecule has 29 heavy (non-hydrogen) atoms. The zero-order valence-electron chi connectivity index (χ0n) is 16.3. The van der Waals surface area contributed by atoms with Crippen LogP contribution < -0.4 is 5.32 Å². The maximum atomic E-state index is 12.4. The van der Waals surface area contributed by atoms with Crippen molar-refractivity contribution in [3.8, 4) is 10.6 Å². The molecule has 3 heterocycles. The number of piperidine rings is 1. The number of nitrogens with zero attached hydrogens (tertiary/aromatic N) is 2. The van der Waals surface area contributed by atoms with Crippen LogP contribution in [0.2, 0.25) is 0 Å². The molecule has 0 bridgehead atoms. The largest absolute Gasteiger partial charge is 0.459 e. The van der Waals surface area contributed by atoms with Gasteiger partial charge in [-0.3, -0.25) is 9.59 Å². The lowest BCUT2D eigenvalue weighted by Crippen LogP contribution is -2.46. The number of carbonyl (C=O) groups excluding carboxylic acids is 2. The van der Waals surface area contributed by atoms with E-state index in [2.05, 4.69) is 41.5 Å². The van der Waals surface area contributed by atoms with Gasteiger partial charge in [-0.15, -0.1) is 11.3 Å². The Balaban J connectivity index is 1.26. The van der Waals surface area contributed by atoms with Crippen LogP contribution in [0.25, 0.3) is 10.6 Å². The molecular weight excluding hydrogens is 386 g/mol. The number of amides is 2. The average Bonchev–Trinajstić information content (AvgIpc) is 3.41. The SMILES string of the molecule is Cc1ccc(-c2nc(CC(=O)NC3CCN(C(=O)c4ccco4)CC3)cs2)cc1. The number of likely N-dealkylation sites (tertiary alicyclic amines) is 1. The molecule has 150 valence electrons. The molecule has 1 fully saturated rings. The van der Waals surface area contributed by atoms with Crippen molar-refractivity contribution in [2.45, 2.75) is 32.2 Å². The number of nitrogens with one attached hydrogen (secondary N) is 1. The highest BCUT2D eigenvalue weighted by molar-refractivity contribution is 7.13. The van der Waals surface area contributed by atoms with Crippen molar-refractivity contribution in [1.29, 1.82) is 0 Å². The van der Waals surface area contributed by atoms with Crippen LogP contribution in [0.15, 0.2) is 52.5 Å². The van der Waals surface area contributed by atoms with Gasteiger partial charge < -0.3 is 14.6 Å². The molecule has 2 aromatic heterocycles. The lowest BCUT2D eigenvalue weighted by Gasteiger charge is -2.31. The highest BCUT2D eigenvalue weighted by Gasteiger charge is 2.26. The van der Waals surface area contributed by atoms with Crippen molar-refractivity contribution in [3.05, 3.63) is 65.1 Å². The summed E-state index contributed by atoms with van der Waals surface area (Å²) in [5.74, 6) is 0.243. The number of furan rings is 1. The molecule has 1 aliphatic heterocycles. The first kappa shape index (κ1) is 19.4. The number of thiazole rings is 1. The van der Waals surface area contributed by atoms with Crippen LogP contribution >= 0.6 is 11.3 Å². The second kappa shape index (κ2) is 8.61. The maximum absolute atomic E-state index is 12.4. The molecule has 1 saturated heterocycles. The van der Waals surface area contributed by atoms with E-state index in [4.69, 9.17) is 4.42 Å². The number of hydrogen-bond donors (Lipinski definition) is 1. The summed E-state index contributed by atoms with van der Waals surface area (Å²) in [5, 5.41) is 5.95.